The molecule has 1 heterocycles. The second-order valence-electron chi connectivity index (χ2n) is 7.03. The zero-order chi connectivity index (χ0) is 18.1. The topological polar surface area (TPSA) is 37.4 Å². The predicted octanol–water partition coefficient (Wildman–Crippen LogP) is 5.74. The van der Waals surface area contributed by atoms with E-state index in [0.717, 1.165) is 46.3 Å². The molecule has 0 radical (unpaired) electrons. The summed E-state index contributed by atoms with van der Waals surface area (Å²) in [4.78, 5) is 0.381. The minimum Gasteiger partial charge on any atom is -0.254 e. The fourth-order valence-corrected chi connectivity index (χ4v) is 6.76. The SMILES string of the molecule is Cc1ccc(S(=O)(=O)N(c2cc3ccccc3s2)C2CCCCC2)cc1. The Labute approximate surface area is 159 Å². The van der Waals surface area contributed by atoms with Gasteiger partial charge in [0.15, 0.2) is 0 Å². The molecule has 2 aromatic carbocycles. The van der Waals surface area contributed by atoms with Gasteiger partial charge in [-0.05, 0) is 49.4 Å². The summed E-state index contributed by atoms with van der Waals surface area (Å²) in [7, 11) is -3.57. The van der Waals surface area contributed by atoms with E-state index < -0.39 is 10.0 Å². The van der Waals surface area contributed by atoms with Crippen molar-refractivity contribution in [2.45, 2.75) is 50.0 Å². The maximum absolute atomic E-state index is 13.6. The van der Waals surface area contributed by atoms with Gasteiger partial charge in [0.2, 0.25) is 0 Å². The van der Waals surface area contributed by atoms with Crippen molar-refractivity contribution in [3.8, 4) is 0 Å². The third-order valence-corrected chi connectivity index (χ3v) is 8.23. The number of sulfonamides is 1. The summed E-state index contributed by atoms with van der Waals surface area (Å²) in [6.07, 6.45) is 5.24. The van der Waals surface area contributed by atoms with Crippen molar-refractivity contribution in [3.63, 3.8) is 0 Å². The lowest BCUT2D eigenvalue weighted by molar-refractivity contribution is 0.439. The molecule has 0 aliphatic heterocycles. The fourth-order valence-electron chi connectivity index (χ4n) is 3.71. The summed E-state index contributed by atoms with van der Waals surface area (Å²) in [5.74, 6) is 0. The highest BCUT2D eigenvalue weighted by molar-refractivity contribution is 7.93. The van der Waals surface area contributed by atoms with Crippen LogP contribution in [0.3, 0.4) is 0 Å². The molecular formula is C21H23NO2S2. The van der Waals surface area contributed by atoms with Gasteiger partial charge in [-0.1, -0.05) is 55.2 Å². The third-order valence-electron chi connectivity index (χ3n) is 5.11. The molecule has 3 nitrogen and oxygen atoms in total. The zero-order valence-corrected chi connectivity index (χ0v) is 16.5. The molecule has 0 bridgehead atoms. The first-order valence-corrected chi connectivity index (χ1v) is 11.4. The highest BCUT2D eigenvalue weighted by Gasteiger charge is 2.33. The van der Waals surface area contributed by atoms with Crippen molar-refractivity contribution in [1.29, 1.82) is 0 Å². The Morgan fingerprint density at radius 3 is 2.35 bits per heavy atom. The average Bonchev–Trinajstić information content (AvgIpc) is 3.06. The van der Waals surface area contributed by atoms with Crippen molar-refractivity contribution in [2.24, 2.45) is 0 Å². The minimum atomic E-state index is -3.57. The molecule has 1 aromatic heterocycles. The summed E-state index contributed by atoms with van der Waals surface area (Å²) in [6, 6.07) is 17.4. The number of hydrogen-bond donors (Lipinski definition) is 0. The number of benzene rings is 2. The van der Waals surface area contributed by atoms with Crippen LogP contribution in [0.15, 0.2) is 59.5 Å². The second kappa shape index (κ2) is 7.05. The fraction of sp³-hybridized carbons (Fsp3) is 0.333. The van der Waals surface area contributed by atoms with Crippen LogP contribution in [0.2, 0.25) is 0 Å². The molecule has 0 atom stereocenters. The first-order valence-electron chi connectivity index (χ1n) is 9.15. The molecule has 1 saturated carbocycles. The summed E-state index contributed by atoms with van der Waals surface area (Å²) in [6.45, 7) is 1.97. The van der Waals surface area contributed by atoms with Crippen molar-refractivity contribution in [1.82, 2.24) is 0 Å². The first-order chi connectivity index (χ1) is 12.6. The highest BCUT2D eigenvalue weighted by Crippen LogP contribution is 2.39. The summed E-state index contributed by atoms with van der Waals surface area (Å²) >= 11 is 1.57. The molecule has 4 rings (SSSR count). The average molecular weight is 386 g/mol. The van der Waals surface area contributed by atoms with E-state index >= 15 is 0 Å². The maximum Gasteiger partial charge on any atom is 0.265 e. The number of fused-ring (bicyclic) bond motifs is 1. The van der Waals surface area contributed by atoms with Crippen LogP contribution in [0.5, 0.6) is 0 Å². The van der Waals surface area contributed by atoms with Crippen LogP contribution in [0.25, 0.3) is 10.1 Å². The number of thiophene rings is 1. The Hall–Kier alpha value is -1.85. The van der Waals surface area contributed by atoms with E-state index in [1.165, 1.54) is 6.42 Å². The maximum atomic E-state index is 13.6. The van der Waals surface area contributed by atoms with Gasteiger partial charge < -0.3 is 0 Å². The van der Waals surface area contributed by atoms with Crippen LogP contribution >= 0.6 is 11.3 Å². The molecular weight excluding hydrogens is 362 g/mol. The van der Waals surface area contributed by atoms with Gasteiger partial charge in [-0.15, -0.1) is 11.3 Å². The molecule has 0 amide bonds. The van der Waals surface area contributed by atoms with Crippen LogP contribution in [-0.2, 0) is 10.0 Å². The van der Waals surface area contributed by atoms with Gasteiger partial charge in [0.25, 0.3) is 10.0 Å². The third kappa shape index (κ3) is 3.26. The number of anilines is 1. The zero-order valence-electron chi connectivity index (χ0n) is 14.9. The Bertz CT molecular complexity index is 967. The number of nitrogens with zero attached hydrogens (tertiary/aromatic N) is 1. The van der Waals surface area contributed by atoms with E-state index in [0.29, 0.717) is 4.90 Å². The molecule has 5 heteroatoms. The van der Waals surface area contributed by atoms with Crippen molar-refractivity contribution >= 4 is 36.4 Å². The Morgan fingerprint density at radius 2 is 1.65 bits per heavy atom. The molecule has 1 aliphatic rings. The van der Waals surface area contributed by atoms with Crippen molar-refractivity contribution in [2.75, 3.05) is 4.31 Å². The molecule has 0 saturated heterocycles. The van der Waals surface area contributed by atoms with E-state index in [9.17, 15) is 8.42 Å². The number of hydrogen-bond acceptors (Lipinski definition) is 3. The quantitative estimate of drug-likeness (QED) is 0.574. The van der Waals surface area contributed by atoms with Crippen LogP contribution < -0.4 is 4.31 Å². The summed E-state index contributed by atoms with van der Waals surface area (Å²) in [5.41, 5.74) is 1.06. The van der Waals surface area contributed by atoms with E-state index in [1.807, 2.05) is 43.3 Å². The number of rotatable bonds is 4. The Morgan fingerprint density at radius 1 is 0.962 bits per heavy atom. The largest absolute Gasteiger partial charge is 0.265 e. The van der Waals surface area contributed by atoms with Crippen LogP contribution in [0.4, 0.5) is 5.00 Å². The van der Waals surface area contributed by atoms with Gasteiger partial charge in [-0.3, -0.25) is 4.31 Å². The van der Waals surface area contributed by atoms with E-state index in [4.69, 9.17) is 0 Å². The van der Waals surface area contributed by atoms with Crippen molar-refractivity contribution in [3.05, 3.63) is 60.2 Å². The minimum absolute atomic E-state index is 0.0446. The lowest BCUT2D eigenvalue weighted by atomic mass is 9.95. The molecule has 0 spiro atoms. The van der Waals surface area contributed by atoms with Crippen LogP contribution in [0, 0.1) is 6.92 Å². The van der Waals surface area contributed by atoms with E-state index in [-0.39, 0.29) is 6.04 Å². The molecule has 26 heavy (non-hydrogen) atoms. The van der Waals surface area contributed by atoms with E-state index in [1.54, 1.807) is 27.8 Å². The Kier molecular flexibility index (Phi) is 4.76. The molecule has 0 unspecified atom stereocenters. The molecule has 1 aliphatic carbocycles. The summed E-state index contributed by atoms with van der Waals surface area (Å²) < 4.78 is 29.9. The van der Waals surface area contributed by atoms with E-state index in [2.05, 4.69) is 6.07 Å². The van der Waals surface area contributed by atoms with Crippen LogP contribution in [0.1, 0.15) is 37.7 Å². The first kappa shape index (κ1) is 17.6. The second-order valence-corrected chi connectivity index (χ2v) is 9.91. The number of aryl methyl sites for hydroxylation is 1. The lowest BCUT2D eigenvalue weighted by Gasteiger charge is -2.34. The highest BCUT2D eigenvalue weighted by atomic mass is 32.2. The molecule has 136 valence electrons. The van der Waals surface area contributed by atoms with Crippen molar-refractivity contribution < 1.29 is 8.42 Å². The lowest BCUT2D eigenvalue weighted by Crippen LogP contribution is -2.41. The van der Waals surface area contributed by atoms with Gasteiger partial charge in [0, 0.05) is 10.7 Å². The summed E-state index contributed by atoms with van der Waals surface area (Å²) in [5, 5.41) is 1.94. The monoisotopic (exact) mass is 385 g/mol. The molecule has 3 aromatic rings. The molecule has 0 N–H and O–H groups in total. The molecule has 1 fully saturated rings. The standard InChI is InChI=1S/C21H23NO2S2/c1-16-11-13-19(14-12-16)26(23,24)22(18-8-3-2-4-9-18)21-15-17-7-5-6-10-20(17)25-21/h5-7,10-15,18H,2-4,8-9H2,1H3. The normalized spacial score (nSPS) is 16.0. The van der Waals surface area contributed by atoms with Gasteiger partial charge in [0.1, 0.15) is 5.00 Å². The van der Waals surface area contributed by atoms with Gasteiger partial charge in [-0.25, -0.2) is 8.42 Å². The smallest absolute Gasteiger partial charge is 0.254 e. The van der Waals surface area contributed by atoms with Crippen LogP contribution in [-0.4, -0.2) is 14.5 Å². The van der Waals surface area contributed by atoms with Gasteiger partial charge >= 0.3 is 0 Å². The van der Waals surface area contributed by atoms with Gasteiger partial charge in [0.05, 0.1) is 4.90 Å². The Balaban J connectivity index is 1.83. The predicted molar refractivity (Wildman–Crippen MR) is 110 cm³/mol. The van der Waals surface area contributed by atoms with Gasteiger partial charge in [-0.2, -0.15) is 0 Å².